The van der Waals surface area contributed by atoms with Crippen molar-refractivity contribution in [3.63, 3.8) is 0 Å². The van der Waals surface area contributed by atoms with E-state index in [9.17, 15) is 4.79 Å². The number of carbonyl (C=O) groups excluding carboxylic acids is 1. The fourth-order valence-electron chi connectivity index (χ4n) is 1.67. The van der Waals surface area contributed by atoms with Crippen molar-refractivity contribution in [2.75, 3.05) is 12.4 Å². The molecule has 0 aromatic heterocycles. The fourth-order valence-corrected chi connectivity index (χ4v) is 2.30. The van der Waals surface area contributed by atoms with Gasteiger partial charge in [0.05, 0.1) is 6.42 Å². The molecule has 0 atom stereocenters. The fraction of sp³-hybridized carbons (Fsp3) is 0.462. The van der Waals surface area contributed by atoms with Crippen LogP contribution in [-0.2, 0) is 11.2 Å². The molecule has 0 unspecified atom stereocenters. The number of carbonyl (C=O) groups is 1. The van der Waals surface area contributed by atoms with Gasteiger partial charge in [-0.2, -0.15) is 0 Å². The topological polar surface area (TPSA) is 29.1 Å². The van der Waals surface area contributed by atoms with Crippen LogP contribution in [0, 0.1) is 5.41 Å². The summed E-state index contributed by atoms with van der Waals surface area (Å²) in [4.78, 5) is 11.7. The Kier molecular flexibility index (Phi) is 4.10. The molecule has 0 heterocycles. The minimum Gasteiger partial charge on any atom is -0.355 e. The normalized spacial score (nSPS) is 16.6. The summed E-state index contributed by atoms with van der Waals surface area (Å²) in [5.41, 5.74) is 1.22. The first-order valence-corrected chi connectivity index (χ1v) is 7.03. The van der Waals surface area contributed by atoms with Gasteiger partial charge in [-0.3, -0.25) is 4.79 Å². The molecule has 0 spiro atoms. The highest BCUT2D eigenvalue weighted by atomic mass is 79.9. The molecular weight excluding hydrogens is 302 g/mol. The monoisotopic (exact) mass is 315 g/mol. The van der Waals surface area contributed by atoms with E-state index >= 15 is 0 Å². The first kappa shape index (κ1) is 12.9. The summed E-state index contributed by atoms with van der Waals surface area (Å²) in [6.07, 6.45) is 2.70. The molecule has 1 aliphatic rings. The molecule has 0 saturated heterocycles. The lowest BCUT2D eigenvalue weighted by molar-refractivity contribution is -0.120. The molecule has 1 amide bonds. The average Bonchev–Trinajstić information content (AvgIpc) is 3.10. The van der Waals surface area contributed by atoms with Crippen LogP contribution in [0.2, 0.25) is 0 Å². The van der Waals surface area contributed by atoms with Crippen LogP contribution in [0.1, 0.15) is 18.4 Å². The molecule has 0 aliphatic heterocycles. The smallest absolute Gasteiger partial charge is 0.224 e. The van der Waals surface area contributed by atoms with E-state index < -0.39 is 0 Å². The molecule has 92 valence electrons. The van der Waals surface area contributed by atoms with E-state index in [2.05, 4.69) is 21.2 Å². The highest BCUT2D eigenvalue weighted by Gasteiger charge is 2.41. The highest BCUT2D eigenvalue weighted by Crippen LogP contribution is 2.45. The number of rotatable bonds is 5. The van der Waals surface area contributed by atoms with E-state index in [0.717, 1.165) is 22.9 Å². The molecule has 1 aliphatic carbocycles. The van der Waals surface area contributed by atoms with Gasteiger partial charge in [0.2, 0.25) is 5.91 Å². The van der Waals surface area contributed by atoms with E-state index in [4.69, 9.17) is 11.6 Å². The Balaban J connectivity index is 1.79. The maximum Gasteiger partial charge on any atom is 0.224 e. The van der Waals surface area contributed by atoms with Gasteiger partial charge in [0.25, 0.3) is 0 Å². The minimum absolute atomic E-state index is 0.0729. The second-order valence-corrected chi connectivity index (χ2v) is 5.90. The van der Waals surface area contributed by atoms with Gasteiger partial charge in [-0.05, 0) is 30.5 Å². The van der Waals surface area contributed by atoms with E-state index in [1.54, 1.807) is 0 Å². The number of hydrogen-bond acceptors (Lipinski definition) is 1. The maximum absolute atomic E-state index is 11.7. The first-order valence-electron chi connectivity index (χ1n) is 5.71. The van der Waals surface area contributed by atoms with Crippen LogP contribution in [0.25, 0.3) is 0 Å². The summed E-state index contributed by atoms with van der Waals surface area (Å²) in [7, 11) is 0. The van der Waals surface area contributed by atoms with Gasteiger partial charge in [-0.15, -0.1) is 11.6 Å². The average molecular weight is 317 g/mol. The SMILES string of the molecule is O=C(Cc1ccc(Br)cc1)NCC1(CCl)CC1. The Hall–Kier alpha value is -0.540. The standard InChI is InChI=1S/C13H15BrClNO/c14-11-3-1-10(2-4-11)7-12(17)16-9-13(8-15)5-6-13/h1-4H,5-9H2,(H,16,17). The predicted octanol–water partition coefficient (Wildman–Crippen LogP) is 3.13. The van der Waals surface area contributed by atoms with Gasteiger partial charge >= 0.3 is 0 Å². The predicted molar refractivity (Wildman–Crippen MR) is 73.2 cm³/mol. The Morgan fingerprint density at radius 2 is 2.00 bits per heavy atom. The van der Waals surface area contributed by atoms with Crippen molar-refractivity contribution in [1.29, 1.82) is 0 Å². The Morgan fingerprint density at radius 3 is 2.53 bits per heavy atom. The van der Waals surface area contributed by atoms with Crippen LogP contribution in [0.5, 0.6) is 0 Å². The molecule has 1 aromatic carbocycles. The zero-order valence-corrected chi connectivity index (χ0v) is 11.9. The van der Waals surface area contributed by atoms with E-state index in [1.807, 2.05) is 24.3 Å². The molecule has 4 heteroatoms. The summed E-state index contributed by atoms with van der Waals surface area (Å²) in [5, 5.41) is 2.96. The number of halogens is 2. The minimum atomic E-state index is 0.0729. The van der Waals surface area contributed by atoms with Crippen LogP contribution in [0.4, 0.5) is 0 Å². The van der Waals surface area contributed by atoms with Gasteiger partial charge in [-0.1, -0.05) is 28.1 Å². The molecular formula is C13H15BrClNO. The summed E-state index contributed by atoms with van der Waals surface area (Å²) in [5.74, 6) is 0.717. The van der Waals surface area contributed by atoms with Crippen molar-refractivity contribution >= 4 is 33.4 Å². The van der Waals surface area contributed by atoms with Gasteiger partial charge in [0.15, 0.2) is 0 Å². The molecule has 17 heavy (non-hydrogen) atoms. The number of amides is 1. The lowest BCUT2D eigenvalue weighted by Gasteiger charge is -2.12. The molecule has 1 N–H and O–H groups in total. The van der Waals surface area contributed by atoms with Crippen molar-refractivity contribution < 1.29 is 4.79 Å². The lowest BCUT2D eigenvalue weighted by Crippen LogP contribution is -2.32. The van der Waals surface area contributed by atoms with Crippen LogP contribution in [0.3, 0.4) is 0 Å². The molecule has 0 bridgehead atoms. The third-order valence-corrected chi connectivity index (χ3v) is 4.27. The second-order valence-electron chi connectivity index (χ2n) is 4.71. The number of alkyl halides is 1. The third kappa shape index (κ3) is 3.71. The van der Waals surface area contributed by atoms with Crippen LogP contribution < -0.4 is 5.32 Å². The molecule has 1 aromatic rings. The zero-order valence-electron chi connectivity index (χ0n) is 9.51. The molecule has 2 nitrogen and oxygen atoms in total. The first-order chi connectivity index (χ1) is 8.13. The largest absolute Gasteiger partial charge is 0.355 e. The van der Waals surface area contributed by atoms with Gasteiger partial charge in [0, 0.05) is 22.3 Å². The van der Waals surface area contributed by atoms with Gasteiger partial charge in [0.1, 0.15) is 0 Å². The molecule has 1 fully saturated rings. The summed E-state index contributed by atoms with van der Waals surface area (Å²) in [6, 6.07) is 7.81. The van der Waals surface area contributed by atoms with Gasteiger partial charge in [-0.25, -0.2) is 0 Å². The van der Waals surface area contributed by atoms with E-state index in [-0.39, 0.29) is 11.3 Å². The van der Waals surface area contributed by atoms with E-state index in [1.165, 1.54) is 0 Å². The maximum atomic E-state index is 11.7. The van der Waals surface area contributed by atoms with Gasteiger partial charge < -0.3 is 5.32 Å². The summed E-state index contributed by atoms with van der Waals surface area (Å²) >= 11 is 9.23. The number of benzene rings is 1. The quantitative estimate of drug-likeness (QED) is 0.831. The molecule has 2 rings (SSSR count). The Bertz CT molecular complexity index is 400. The van der Waals surface area contributed by atoms with E-state index in [0.29, 0.717) is 18.8 Å². The Labute approximate surface area is 115 Å². The number of nitrogens with one attached hydrogen (secondary N) is 1. The molecule has 0 radical (unpaired) electrons. The highest BCUT2D eigenvalue weighted by molar-refractivity contribution is 9.10. The Morgan fingerprint density at radius 1 is 1.35 bits per heavy atom. The van der Waals surface area contributed by atoms with Crippen molar-refractivity contribution in [2.45, 2.75) is 19.3 Å². The van der Waals surface area contributed by atoms with Crippen molar-refractivity contribution in [3.8, 4) is 0 Å². The second kappa shape index (κ2) is 5.40. The zero-order chi connectivity index (χ0) is 12.3. The van der Waals surface area contributed by atoms with Crippen molar-refractivity contribution in [2.24, 2.45) is 5.41 Å². The van der Waals surface area contributed by atoms with Crippen molar-refractivity contribution in [1.82, 2.24) is 5.32 Å². The van der Waals surface area contributed by atoms with Crippen LogP contribution in [-0.4, -0.2) is 18.3 Å². The third-order valence-electron chi connectivity index (χ3n) is 3.18. The van der Waals surface area contributed by atoms with Crippen LogP contribution in [0.15, 0.2) is 28.7 Å². The lowest BCUT2D eigenvalue weighted by atomic mass is 10.1. The summed E-state index contributed by atoms with van der Waals surface area (Å²) < 4.78 is 1.03. The number of hydrogen-bond donors (Lipinski definition) is 1. The van der Waals surface area contributed by atoms with Crippen molar-refractivity contribution in [3.05, 3.63) is 34.3 Å². The van der Waals surface area contributed by atoms with Crippen LogP contribution >= 0.6 is 27.5 Å². The summed E-state index contributed by atoms with van der Waals surface area (Å²) in [6.45, 7) is 0.714. The molecule has 1 saturated carbocycles.